The highest BCUT2D eigenvalue weighted by molar-refractivity contribution is 7.92. The summed E-state index contributed by atoms with van der Waals surface area (Å²) < 4.78 is 36.8. The molecule has 0 radical (unpaired) electrons. The van der Waals surface area contributed by atoms with Crippen LogP contribution in [-0.4, -0.2) is 30.8 Å². The lowest BCUT2D eigenvalue weighted by atomic mass is 9.85. The molecule has 0 aliphatic rings. The van der Waals surface area contributed by atoms with E-state index in [9.17, 15) is 18.0 Å². The summed E-state index contributed by atoms with van der Waals surface area (Å²) in [4.78, 5) is 26.3. The Morgan fingerprint density at radius 3 is 2.10 bits per heavy atom. The normalized spacial score (nSPS) is 12.6. The third-order valence-electron chi connectivity index (χ3n) is 7.51. The fourth-order valence-electron chi connectivity index (χ4n) is 4.91. The van der Waals surface area contributed by atoms with Crippen molar-refractivity contribution in [2.24, 2.45) is 0 Å². The van der Waals surface area contributed by atoms with Gasteiger partial charge in [-0.05, 0) is 105 Å². The monoisotopic (exact) mass is 586 g/mol. The smallest absolute Gasteiger partial charge is 0.338 e. The standard InChI is InChI=1S/C34H38N2O5S/c1-21-18-27(34(6,7)8)20-31(23(21)3)42(39,40)35-28-16-14-26(15-17-28)33(38)41-25(5)32(37)30-19-22(2)36(24(30)4)29-12-10-9-11-13-29/h9-20,25,35H,1-8H3. The van der Waals surface area contributed by atoms with Crippen molar-refractivity contribution in [3.05, 3.63) is 112 Å². The number of aryl methyl sites for hydroxylation is 2. The molecule has 0 amide bonds. The van der Waals surface area contributed by atoms with Gasteiger partial charge in [0.15, 0.2) is 6.10 Å². The van der Waals surface area contributed by atoms with Gasteiger partial charge in [-0.3, -0.25) is 9.52 Å². The Morgan fingerprint density at radius 1 is 0.881 bits per heavy atom. The number of esters is 1. The first-order valence-corrected chi connectivity index (χ1v) is 15.3. The summed E-state index contributed by atoms with van der Waals surface area (Å²) in [6, 6.07) is 21.2. The van der Waals surface area contributed by atoms with E-state index in [1.54, 1.807) is 26.0 Å². The molecule has 0 saturated carbocycles. The van der Waals surface area contributed by atoms with Crippen LogP contribution < -0.4 is 4.72 Å². The molecule has 8 heteroatoms. The van der Waals surface area contributed by atoms with E-state index in [1.807, 2.05) is 82.5 Å². The van der Waals surface area contributed by atoms with E-state index in [1.165, 1.54) is 24.3 Å². The lowest BCUT2D eigenvalue weighted by molar-refractivity contribution is 0.0318. The van der Waals surface area contributed by atoms with Crippen LogP contribution in [0.3, 0.4) is 0 Å². The summed E-state index contributed by atoms with van der Waals surface area (Å²) in [5.74, 6) is -0.974. The Kier molecular flexibility index (Phi) is 8.51. The van der Waals surface area contributed by atoms with Gasteiger partial charge in [0.05, 0.1) is 10.5 Å². The van der Waals surface area contributed by atoms with Gasteiger partial charge in [-0.1, -0.05) is 45.0 Å². The number of sulfonamides is 1. The van der Waals surface area contributed by atoms with Crippen LogP contribution in [0.15, 0.2) is 77.7 Å². The number of hydrogen-bond donors (Lipinski definition) is 1. The highest BCUT2D eigenvalue weighted by Gasteiger charge is 2.26. The maximum absolute atomic E-state index is 13.3. The molecule has 1 atom stereocenters. The fraction of sp³-hybridized carbons (Fsp3) is 0.294. The molecule has 0 aliphatic carbocycles. The topological polar surface area (TPSA) is 94.5 Å². The number of ether oxygens (including phenoxy) is 1. The zero-order valence-electron chi connectivity index (χ0n) is 25.4. The van der Waals surface area contributed by atoms with Crippen LogP contribution in [-0.2, 0) is 20.2 Å². The molecule has 4 aromatic rings. The van der Waals surface area contributed by atoms with Gasteiger partial charge in [0, 0.05) is 28.3 Å². The predicted molar refractivity (Wildman–Crippen MR) is 166 cm³/mol. The Morgan fingerprint density at radius 2 is 1.50 bits per heavy atom. The van der Waals surface area contributed by atoms with Gasteiger partial charge in [0.2, 0.25) is 5.78 Å². The highest BCUT2D eigenvalue weighted by Crippen LogP contribution is 2.30. The number of Topliss-reactive ketones (excluding diaryl/α,β-unsaturated/α-hetero) is 1. The van der Waals surface area contributed by atoms with Crippen molar-refractivity contribution < 1.29 is 22.7 Å². The maximum Gasteiger partial charge on any atom is 0.338 e. The van der Waals surface area contributed by atoms with E-state index in [-0.39, 0.29) is 21.7 Å². The van der Waals surface area contributed by atoms with Crippen molar-refractivity contribution in [3.8, 4) is 5.69 Å². The molecule has 1 heterocycles. The van der Waals surface area contributed by atoms with Gasteiger partial charge in [-0.25, -0.2) is 13.2 Å². The first-order valence-electron chi connectivity index (χ1n) is 13.8. The first-order chi connectivity index (χ1) is 19.6. The van der Waals surface area contributed by atoms with Crippen molar-refractivity contribution in [2.75, 3.05) is 4.72 Å². The number of rotatable bonds is 8. The summed E-state index contributed by atoms with van der Waals surface area (Å²) in [5, 5.41) is 0. The van der Waals surface area contributed by atoms with Gasteiger partial charge in [-0.2, -0.15) is 0 Å². The van der Waals surface area contributed by atoms with E-state index < -0.39 is 22.1 Å². The van der Waals surface area contributed by atoms with Crippen LogP contribution in [0.5, 0.6) is 0 Å². The maximum atomic E-state index is 13.3. The molecule has 0 saturated heterocycles. The molecule has 7 nitrogen and oxygen atoms in total. The van der Waals surface area contributed by atoms with Crippen molar-refractivity contribution in [3.63, 3.8) is 0 Å². The number of nitrogens with one attached hydrogen (secondary N) is 1. The molecule has 0 fully saturated rings. The second kappa shape index (κ2) is 11.6. The number of nitrogens with zero attached hydrogens (tertiary/aromatic N) is 1. The van der Waals surface area contributed by atoms with Gasteiger partial charge < -0.3 is 9.30 Å². The van der Waals surface area contributed by atoms with E-state index in [0.29, 0.717) is 16.8 Å². The number of carbonyl (C=O) groups excluding carboxylic acids is 2. The van der Waals surface area contributed by atoms with Crippen LogP contribution in [0.2, 0.25) is 0 Å². The number of para-hydroxylation sites is 1. The molecular formula is C34H38N2O5S. The Hall–Kier alpha value is -4.17. The molecule has 4 rings (SSSR count). The lowest BCUT2D eigenvalue weighted by Gasteiger charge is -2.22. The number of benzene rings is 3. The SMILES string of the molecule is Cc1cc(C(C)(C)C)cc(S(=O)(=O)Nc2ccc(C(=O)OC(C)C(=O)c3cc(C)n(-c4ccccc4)c3C)cc2)c1C. The average Bonchev–Trinajstić information content (AvgIpc) is 3.22. The van der Waals surface area contributed by atoms with Crippen LogP contribution >= 0.6 is 0 Å². The summed E-state index contributed by atoms with van der Waals surface area (Å²) >= 11 is 0. The number of anilines is 1. The minimum atomic E-state index is -3.88. The van der Waals surface area contributed by atoms with Crippen LogP contribution in [0.1, 0.15) is 76.5 Å². The largest absolute Gasteiger partial charge is 0.451 e. The number of hydrogen-bond acceptors (Lipinski definition) is 5. The molecule has 0 aliphatic heterocycles. The van der Waals surface area contributed by atoms with Crippen molar-refractivity contribution in [1.82, 2.24) is 4.57 Å². The summed E-state index contributed by atoms with van der Waals surface area (Å²) in [5.41, 5.74) is 5.89. The minimum absolute atomic E-state index is 0.203. The zero-order valence-corrected chi connectivity index (χ0v) is 26.2. The molecular weight excluding hydrogens is 548 g/mol. The molecule has 1 N–H and O–H groups in total. The van der Waals surface area contributed by atoms with Crippen LogP contribution in [0.4, 0.5) is 5.69 Å². The number of carbonyl (C=O) groups is 2. The van der Waals surface area contributed by atoms with Crippen molar-refractivity contribution in [1.29, 1.82) is 0 Å². The van der Waals surface area contributed by atoms with E-state index in [0.717, 1.165) is 28.2 Å². The van der Waals surface area contributed by atoms with Gasteiger partial charge in [0.25, 0.3) is 10.0 Å². The van der Waals surface area contributed by atoms with E-state index in [2.05, 4.69) is 4.72 Å². The average molecular weight is 587 g/mol. The molecule has 42 heavy (non-hydrogen) atoms. The van der Waals surface area contributed by atoms with Crippen molar-refractivity contribution in [2.45, 2.75) is 71.8 Å². The predicted octanol–water partition coefficient (Wildman–Crippen LogP) is 7.24. The van der Waals surface area contributed by atoms with E-state index >= 15 is 0 Å². The minimum Gasteiger partial charge on any atom is -0.451 e. The van der Waals surface area contributed by atoms with Crippen LogP contribution in [0, 0.1) is 27.7 Å². The Bertz CT molecular complexity index is 1750. The fourth-order valence-corrected chi connectivity index (χ4v) is 6.31. The summed E-state index contributed by atoms with van der Waals surface area (Å²) in [6.07, 6.45) is -1.01. The third-order valence-corrected chi connectivity index (χ3v) is 9.02. The molecule has 3 aromatic carbocycles. The Labute approximate surface area is 248 Å². The third kappa shape index (κ3) is 6.34. The summed E-state index contributed by atoms with van der Waals surface area (Å²) in [7, 11) is -3.88. The van der Waals surface area contributed by atoms with Crippen LogP contribution in [0.25, 0.3) is 5.69 Å². The number of aromatic nitrogens is 1. The Balaban J connectivity index is 1.48. The van der Waals surface area contributed by atoms with Gasteiger partial charge in [-0.15, -0.1) is 0 Å². The van der Waals surface area contributed by atoms with Gasteiger partial charge >= 0.3 is 5.97 Å². The first kappa shape index (κ1) is 30.8. The molecule has 1 aromatic heterocycles. The quantitative estimate of drug-likeness (QED) is 0.174. The molecule has 0 spiro atoms. The molecule has 220 valence electrons. The van der Waals surface area contributed by atoms with E-state index in [4.69, 9.17) is 4.74 Å². The number of ketones is 1. The second-order valence-electron chi connectivity index (χ2n) is 11.7. The van der Waals surface area contributed by atoms with Crippen molar-refractivity contribution >= 4 is 27.5 Å². The lowest BCUT2D eigenvalue weighted by Crippen LogP contribution is -2.25. The zero-order chi connectivity index (χ0) is 31.0. The molecule has 1 unspecified atom stereocenters. The second-order valence-corrected chi connectivity index (χ2v) is 13.4. The molecule has 0 bridgehead atoms. The van der Waals surface area contributed by atoms with Gasteiger partial charge in [0.1, 0.15) is 0 Å². The highest BCUT2D eigenvalue weighted by atomic mass is 32.2. The summed E-state index contributed by atoms with van der Waals surface area (Å²) in [6.45, 7) is 15.1.